The Labute approximate surface area is 132 Å². The van der Waals surface area contributed by atoms with E-state index in [0.717, 1.165) is 23.5 Å². The first-order valence-corrected chi connectivity index (χ1v) is 8.44. The Morgan fingerprint density at radius 3 is 3.18 bits per heavy atom. The van der Waals surface area contributed by atoms with Crippen molar-refractivity contribution in [3.8, 4) is 0 Å². The molecule has 1 atom stereocenters. The van der Waals surface area contributed by atoms with Crippen LogP contribution in [0.4, 0.5) is 0 Å². The molecule has 3 heterocycles. The van der Waals surface area contributed by atoms with Crippen LogP contribution in [-0.2, 0) is 17.6 Å². The maximum absolute atomic E-state index is 12.7. The molecule has 0 aromatic carbocycles. The standard InChI is InChI=1S/C15H18N4O2S/c1-9-16-14(18-17-9)11-8-19(5-6-21-11)15(20)13-7-10-3-2-4-12(10)22-13/h7,11H,2-6,8H2,1H3,(H,16,17,18)/t11-/m1/s1. The molecule has 0 spiro atoms. The number of morpholine rings is 1. The van der Waals surface area contributed by atoms with Gasteiger partial charge in [-0.2, -0.15) is 5.10 Å². The average Bonchev–Trinajstić information content (AvgIpc) is 3.21. The van der Waals surface area contributed by atoms with Crippen molar-refractivity contribution in [3.05, 3.63) is 33.0 Å². The van der Waals surface area contributed by atoms with E-state index >= 15 is 0 Å². The fourth-order valence-corrected chi connectivity index (χ4v) is 4.31. The molecule has 1 aliphatic heterocycles. The summed E-state index contributed by atoms with van der Waals surface area (Å²) in [5, 5.41) is 6.98. The number of amides is 1. The Bertz CT molecular complexity index is 687. The molecule has 2 aromatic rings. The van der Waals surface area contributed by atoms with Gasteiger partial charge in [0.25, 0.3) is 5.91 Å². The molecule has 0 saturated carbocycles. The Morgan fingerprint density at radius 2 is 2.41 bits per heavy atom. The summed E-state index contributed by atoms with van der Waals surface area (Å²) in [7, 11) is 0. The summed E-state index contributed by atoms with van der Waals surface area (Å²) in [6, 6.07) is 2.08. The van der Waals surface area contributed by atoms with Crippen molar-refractivity contribution in [3.63, 3.8) is 0 Å². The summed E-state index contributed by atoms with van der Waals surface area (Å²) < 4.78 is 5.72. The molecule has 0 radical (unpaired) electrons. The van der Waals surface area contributed by atoms with Crippen LogP contribution in [0.3, 0.4) is 0 Å². The van der Waals surface area contributed by atoms with Gasteiger partial charge in [0.1, 0.15) is 11.9 Å². The SMILES string of the molecule is Cc1nc([C@H]2CN(C(=O)c3cc4c(s3)CCC4)CCO2)n[nH]1. The fourth-order valence-electron chi connectivity index (χ4n) is 3.08. The van der Waals surface area contributed by atoms with E-state index in [0.29, 0.717) is 25.5 Å². The van der Waals surface area contributed by atoms with Gasteiger partial charge >= 0.3 is 0 Å². The fraction of sp³-hybridized carbons (Fsp3) is 0.533. The molecule has 116 valence electrons. The van der Waals surface area contributed by atoms with Crippen molar-refractivity contribution in [2.75, 3.05) is 19.7 Å². The maximum atomic E-state index is 12.7. The summed E-state index contributed by atoms with van der Waals surface area (Å²) >= 11 is 1.66. The molecule has 2 aliphatic rings. The molecule has 1 amide bonds. The van der Waals surface area contributed by atoms with Gasteiger partial charge in [-0.25, -0.2) is 4.98 Å². The molecule has 6 nitrogen and oxygen atoms in total. The number of carbonyl (C=O) groups is 1. The highest BCUT2D eigenvalue weighted by Gasteiger charge is 2.30. The summed E-state index contributed by atoms with van der Waals surface area (Å²) in [6.07, 6.45) is 3.21. The van der Waals surface area contributed by atoms with Gasteiger partial charge in [-0.05, 0) is 37.8 Å². The van der Waals surface area contributed by atoms with Crippen molar-refractivity contribution in [1.82, 2.24) is 20.1 Å². The number of nitrogens with zero attached hydrogens (tertiary/aromatic N) is 3. The van der Waals surface area contributed by atoms with E-state index in [-0.39, 0.29) is 12.0 Å². The van der Waals surface area contributed by atoms with Crippen LogP contribution in [0.1, 0.15) is 44.3 Å². The number of thiophene rings is 1. The van der Waals surface area contributed by atoms with E-state index in [1.54, 1.807) is 11.3 Å². The van der Waals surface area contributed by atoms with Gasteiger partial charge in [0.2, 0.25) is 0 Å². The number of aromatic amines is 1. The Morgan fingerprint density at radius 1 is 1.50 bits per heavy atom. The van der Waals surface area contributed by atoms with Crippen LogP contribution in [0.2, 0.25) is 0 Å². The van der Waals surface area contributed by atoms with Crippen LogP contribution in [0, 0.1) is 6.92 Å². The van der Waals surface area contributed by atoms with Gasteiger partial charge in [-0.1, -0.05) is 0 Å². The van der Waals surface area contributed by atoms with Gasteiger partial charge in [0.15, 0.2) is 5.82 Å². The van der Waals surface area contributed by atoms with Crippen LogP contribution in [0.15, 0.2) is 6.07 Å². The van der Waals surface area contributed by atoms with E-state index in [1.807, 2.05) is 11.8 Å². The zero-order valence-electron chi connectivity index (χ0n) is 12.5. The van der Waals surface area contributed by atoms with Crippen LogP contribution >= 0.6 is 11.3 Å². The zero-order valence-corrected chi connectivity index (χ0v) is 13.3. The first kappa shape index (κ1) is 13.9. The van der Waals surface area contributed by atoms with E-state index < -0.39 is 0 Å². The first-order valence-electron chi connectivity index (χ1n) is 7.62. The van der Waals surface area contributed by atoms with Crippen molar-refractivity contribution in [2.24, 2.45) is 0 Å². The number of nitrogens with one attached hydrogen (secondary N) is 1. The minimum Gasteiger partial charge on any atom is -0.366 e. The van der Waals surface area contributed by atoms with Crippen LogP contribution in [0.5, 0.6) is 0 Å². The van der Waals surface area contributed by atoms with Gasteiger partial charge in [0, 0.05) is 11.4 Å². The number of hydrogen-bond acceptors (Lipinski definition) is 5. The number of ether oxygens (including phenoxy) is 1. The second-order valence-electron chi connectivity index (χ2n) is 5.80. The second kappa shape index (κ2) is 5.48. The molecule has 1 aliphatic carbocycles. The predicted molar refractivity (Wildman–Crippen MR) is 82.1 cm³/mol. The molecule has 0 bridgehead atoms. The minimum absolute atomic E-state index is 0.111. The topological polar surface area (TPSA) is 71.1 Å². The zero-order chi connectivity index (χ0) is 15.1. The van der Waals surface area contributed by atoms with Crippen LogP contribution in [0.25, 0.3) is 0 Å². The van der Waals surface area contributed by atoms with E-state index in [9.17, 15) is 4.79 Å². The summed E-state index contributed by atoms with van der Waals surface area (Å²) in [5.41, 5.74) is 1.36. The molecule has 1 N–H and O–H groups in total. The number of rotatable bonds is 2. The number of hydrogen-bond donors (Lipinski definition) is 1. The Hall–Kier alpha value is -1.73. The lowest BCUT2D eigenvalue weighted by Crippen LogP contribution is -2.42. The summed E-state index contributed by atoms with van der Waals surface area (Å²) in [4.78, 5) is 21.1. The third-order valence-electron chi connectivity index (χ3n) is 4.21. The van der Waals surface area contributed by atoms with Gasteiger partial charge < -0.3 is 9.64 Å². The highest BCUT2D eigenvalue weighted by molar-refractivity contribution is 7.14. The number of carbonyl (C=O) groups excluding carboxylic acids is 1. The van der Waals surface area contributed by atoms with Crippen molar-refractivity contribution < 1.29 is 9.53 Å². The van der Waals surface area contributed by atoms with Crippen molar-refractivity contribution >= 4 is 17.2 Å². The molecule has 1 saturated heterocycles. The number of H-pyrrole nitrogens is 1. The third kappa shape index (κ3) is 2.44. The molecular weight excluding hydrogens is 300 g/mol. The molecule has 0 unspecified atom stereocenters. The van der Waals surface area contributed by atoms with E-state index in [1.165, 1.54) is 16.9 Å². The minimum atomic E-state index is -0.241. The maximum Gasteiger partial charge on any atom is 0.264 e. The second-order valence-corrected chi connectivity index (χ2v) is 6.94. The molecular formula is C15H18N4O2S. The molecule has 4 rings (SSSR count). The lowest BCUT2D eigenvalue weighted by Gasteiger charge is -2.31. The lowest BCUT2D eigenvalue weighted by atomic mass is 10.2. The molecule has 22 heavy (non-hydrogen) atoms. The predicted octanol–water partition coefficient (Wildman–Crippen LogP) is 1.88. The normalized spacial score (nSPS) is 21.1. The smallest absolute Gasteiger partial charge is 0.264 e. The van der Waals surface area contributed by atoms with Crippen LogP contribution in [-0.4, -0.2) is 45.7 Å². The number of aromatic nitrogens is 3. The lowest BCUT2D eigenvalue weighted by molar-refractivity contribution is -0.0265. The van der Waals surface area contributed by atoms with Crippen LogP contribution < -0.4 is 0 Å². The summed E-state index contributed by atoms with van der Waals surface area (Å²) in [5.74, 6) is 1.50. The van der Waals surface area contributed by atoms with Crippen molar-refractivity contribution in [1.29, 1.82) is 0 Å². The monoisotopic (exact) mass is 318 g/mol. The number of aryl methyl sites for hydroxylation is 3. The molecule has 1 fully saturated rings. The average molecular weight is 318 g/mol. The van der Waals surface area contributed by atoms with E-state index in [2.05, 4.69) is 21.2 Å². The third-order valence-corrected chi connectivity index (χ3v) is 5.44. The van der Waals surface area contributed by atoms with E-state index in [4.69, 9.17) is 4.74 Å². The highest BCUT2D eigenvalue weighted by Crippen LogP contribution is 2.32. The quantitative estimate of drug-likeness (QED) is 0.918. The largest absolute Gasteiger partial charge is 0.366 e. The van der Waals surface area contributed by atoms with Gasteiger partial charge in [0.05, 0.1) is 18.0 Å². The van der Waals surface area contributed by atoms with Crippen molar-refractivity contribution in [2.45, 2.75) is 32.3 Å². The first-order chi connectivity index (χ1) is 10.7. The summed E-state index contributed by atoms with van der Waals surface area (Å²) in [6.45, 7) is 3.52. The molecule has 2 aromatic heterocycles. The number of fused-ring (bicyclic) bond motifs is 1. The highest BCUT2D eigenvalue weighted by atomic mass is 32.1. The Balaban J connectivity index is 1.50. The van der Waals surface area contributed by atoms with Gasteiger partial charge in [-0.3, -0.25) is 9.89 Å². The Kier molecular flexibility index (Phi) is 3.46. The van der Waals surface area contributed by atoms with Gasteiger partial charge in [-0.15, -0.1) is 11.3 Å². The molecule has 7 heteroatoms.